The second-order valence-corrected chi connectivity index (χ2v) is 6.86. The number of hydrogen-bond acceptors (Lipinski definition) is 2. The summed E-state index contributed by atoms with van der Waals surface area (Å²) >= 11 is 17.3. The van der Waals surface area contributed by atoms with Crippen LogP contribution in [0.15, 0.2) is 47.4 Å². The Hall–Kier alpha value is -0.940. The summed E-state index contributed by atoms with van der Waals surface area (Å²) in [6, 6.07) is 10.9. The first-order valence-corrected chi connectivity index (χ1v) is 8.32. The van der Waals surface area contributed by atoms with Gasteiger partial charge < -0.3 is 0 Å². The molecule has 1 N–H and O–H groups in total. The van der Waals surface area contributed by atoms with Crippen LogP contribution < -0.4 is 4.72 Å². The van der Waals surface area contributed by atoms with Crippen LogP contribution in [-0.4, -0.2) is 8.42 Å². The summed E-state index contributed by atoms with van der Waals surface area (Å²) in [5.74, 6) is 0.372. The molecule has 0 amide bonds. The van der Waals surface area contributed by atoms with Crippen molar-refractivity contribution in [1.29, 1.82) is 0 Å². The van der Waals surface area contributed by atoms with E-state index in [-0.39, 0.29) is 14.9 Å². The van der Waals surface area contributed by atoms with E-state index in [9.17, 15) is 8.42 Å². The molecule has 0 bridgehead atoms. The molecule has 2 aromatic rings. The number of benzene rings is 2. The molecule has 3 nitrogen and oxygen atoms in total. The molecule has 0 heterocycles. The van der Waals surface area contributed by atoms with Crippen molar-refractivity contribution in [2.75, 3.05) is 4.72 Å². The van der Waals surface area contributed by atoms with Crippen molar-refractivity contribution in [3.63, 3.8) is 0 Å². The maximum atomic E-state index is 12.2. The van der Waals surface area contributed by atoms with Crippen LogP contribution in [0.2, 0.25) is 10.0 Å². The predicted octanol–water partition coefficient (Wildman–Crippen LogP) is 4.53. The number of halogens is 3. The van der Waals surface area contributed by atoms with Crippen LogP contribution in [0.4, 0.5) is 5.69 Å². The average Bonchev–Trinajstić information content (AvgIpc) is 2.38. The molecule has 0 unspecified atom stereocenters. The lowest BCUT2D eigenvalue weighted by Gasteiger charge is -2.09. The number of sulfonamides is 1. The minimum absolute atomic E-state index is 0.0106. The van der Waals surface area contributed by atoms with Crippen molar-refractivity contribution in [2.45, 2.75) is 10.8 Å². The summed E-state index contributed by atoms with van der Waals surface area (Å²) in [7, 11) is -3.73. The van der Waals surface area contributed by atoms with E-state index in [0.717, 1.165) is 5.56 Å². The molecule has 0 aliphatic carbocycles. The number of hydrogen-bond donors (Lipinski definition) is 1. The number of rotatable bonds is 4. The highest BCUT2D eigenvalue weighted by molar-refractivity contribution is 7.92. The lowest BCUT2D eigenvalue weighted by molar-refractivity contribution is 0.601. The summed E-state index contributed by atoms with van der Waals surface area (Å²) in [6.45, 7) is 0. The summed E-state index contributed by atoms with van der Waals surface area (Å²) < 4.78 is 26.9. The second kappa shape index (κ2) is 6.22. The van der Waals surface area contributed by atoms with Gasteiger partial charge in [-0.25, -0.2) is 8.42 Å². The van der Waals surface area contributed by atoms with Gasteiger partial charge >= 0.3 is 0 Å². The Labute approximate surface area is 132 Å². The molecule has 20 heavy (non-hydrogen) atoms. The Balaban J connectivity index is 2.30. The third-order valence-corrected chi connectivity index (χ3v) is 4.61. The highest BCUT2D eigenvalue weighted by Crippen LogP contribution is 2.24. The molecule has 0 aliphatic rings. The second-order valence-electron chi connectivity index (χ2n) is 4.04. The monoisotopic (exact) mass is 349 g/mol. The standard InChI is InChI=1S/C13H10Cl3NO2S/c14-8-9-1-3-12(4-2-9)17-20(18,19)13-6-10(15)5-11(16)7-13/h1-7,17H,8H2. The zero-order valence-corrected chi connectivity index (χ0v) is 13.2. The fraction of sp³-hybridized carbons (Fsp3) is 0.0769. The zero-order valence-electron chi connectivity index (χ0n) is 10.1. The molecule has 0 radical (unpaired) electrons. The van der Waals surface area contributed by atoms with Crippen molar-refractivity contribution < 1.29 is 8.42 Å². The molecule has 0 atom stereocenters. The lowest BCUT2D eigenvalue weighted by atomic mass is 10.2. The minimum Gasteiger partial charge on any atom is -0.280 e. The van der Waals surface area contributed by atoms with E-state index < -0.39 is 10.0 Å². The topological polar surface area (TPSA) is 46.2 Å². The van der Waals surface area contributed by atoms with E-state index in [0.29, 0.717) is 11.6 Å². The molecule has 0 fully saturated rings. The van der Waals surface area contributed by atoms with E-state index in [1.165, 1.54) is 18.2 Å². The van der Waals surface area contributed by atoms with Crippen LogP contribution in [-0.2, 0) is 15.9 Å². The SMILES string of the molecule is O=S(=O)(Nc1ccc(CCl)cc1)c1cc(Cl)cc(Cl)c1. The van der Waals surface area contributed by atoms with Crippen LogP contribution >= 0.6 is 34.8 Å². The summed E-state index contributed by atoms with van der Waals surface area (Å²) in [5.41, 5.74) is 1.34. The van der Waals surface area contributed by atoms with Gasteiger partial charge in [-0.15, -0.1) is 11.6 Å². The van der Waals surface area contributed by atoms with Crippen molar-refractivity contribution >= 4 is 50.5 Å². The first-order valence-electron chi connectivity index (χ1n) is 5.54. The van der Waals surface area contributed by atoms with Gasteiger partial charge in [-0.2, -0.15) is 0 Å². The minimum atomic E-state index is -3.73. The van der Waals surface area contributed by atoms with Crippen molar-refractivity contribution in [1.82, 2.24) is 0 Å². The Bertz CT molecular complexity index is 695. The van der Waals surface area contributed by atoms with E-state index in [2.05, 4.69) is 4.72 Å². The third-order valence-electron chi connectivity index (χ3n) is 2.51. The third kappa shape index (κ3) is 3.79. The van der Waals surface area contributed by atoms with Gasteiger partial charge in [0.25, 0.3) is 10.0 Å². The zero-order chi connectivity index (χ0) is 14.8. The van der Waals surface area contributed by atoms with Gasteiger partial charge in [0, 0.05) is 21.6 Å². The van der Waals surface area contributed by atoms with Gasteiger partial charge in [0.1, 0.15) is 0 Å². The lowest BCUT2D eigenvalue weighted by Crippen LogP contribution is -2.12. The summed E-state index contributed by atoms with van der Waals surface area (Å²) in [4.78, 5) is 0.0106. The Kier molecular flexibility index (Phi) is 4.81. The Morgan fingerprint density at radius 3 is 2.00 bits per heavy atom. The summed E-state index contributed by atoms with van der Waals surface area (Å²) in [6.07, 6.45) is 0. The maximum Gasteiger partial charge on any atom is 0.261 e. The van der Waals surface area contributed by atoms with Gasteiger partial charge in [0.05, 0.1) is 4.90 Å². The Morgan fingerprint density at radius 2 is 1.50 bits per heavy atom. The maximum absolute atomic E-state index is 12.2. The number of anilines is 1. The molecular weight excluding hydrogens is 341 g/mol. The first-order chi connectivity index (χ1) is 9.40. The van der Waals surface area contributed by atoms with Crippen molar-refractivity contribution in [3.8, 4) is 0 Å². The fourth-order valence-electron chi connectivity index (χ4n) is 1.56. The first kappa shape index (κ1) is 15.4. The van der Waals surface area contributed by atoms with Gasteiger partial charge in [-0.3, -0.25) is 4.72 Å². The smallest absolute Gasteiger partial charge is 0.261 e. The highest BCUT2D eigenvalue weighted by atomic mass is 35.5. The molecule has 0 saturated carbocycles. The van der Waals surface area contributed by atoms with Gasteiger partial charge in [-0.05, 0) is 35.9 Å². The molecule has 0 aliphatic heterocycles. The molecule has 0 saturated heterocycles. The summed E-state index contributed by atoms with van der Waals surface area (Å²) in [5, 5.41) is 0.519. The molecular formula is C13H10Cl3NO2S. The highest BCUT2D eigenvalue weighted by Gasteiger charge is 2.15. The normalized spacial score (nSPS) is 11.3. The Morgan fingerprint density at radius 1 is 0.950 bits per heavy atom. The van der Waals surface area contributed by atoms with E-state index in [1.54, 1.807) is 24.3 Å². The largest absolute Gasteiger partial charge is 0.280 e. The van der Waals surface area contributed by atoms with Crippen LogP contribution in [0.3, 0.4) is 0 Å². The van der Waals surface area contributed by atoms with Crippen LogP contribution in [0.1, 0.15) is 5.56 Å². The van der Waals surface area contributed by atoms with Crippen molar-refractivity contribution in [2.24, 2.45) is 0 Å². The molecule has 7 heteroatoms. The number of nitrogens with one attached hydrogen (secondary N) is 1. The fourth-order valence-corrected chi connectivity index (χ4v) is 3.52. The molecule has 0 aromatic heterocycles. The molecule has 106 valence electrons. The van der Waals surface area contributed by atoms with Gasteiger partial charge in [0.2, 0.25) is 0 Å². The number of alkyl halides is 1. The van der Waals surface area contributed by atoms with Gasteiger partial charge in [0.15, 0.2) is 0 Å². The van der Waals surface area contributed by atoms with E-state index in [4.69, 9.17) is 34.8 Å². The predicted molar refractivity (Wildman–Crippen MR) is 83.3 cm³/mol. The molecule has 0 spiro atoms. The quantitative estimate of drug-likeness (QED) is 0.823. The molecule has 2 rings (SSSR count). The van der Waals surface area contributed by atoms with Crippen molar-refractivity contribution in [3.05, 3.63) is 58.1 Å². The van der Waals surface area contributed by atoms with Crippen LogP contribution in [0.5, 0.6) is 0 Å². The van der Waals surface area contributed by atoms with E-state index in [1.807, 2.05) is 0 Å². The average molecular weight is 351 g/mol. The molecule has 2 aromatic carbocycles. The van der Waals surface area contributed by atoms with Gasteiger partial charge in [-0.1, -0.05) is 35.3 Å². The van der Waals surface area contributed by atoms with E-state index >= 15 is 0 Å². The van der Waals surface area contributed by atoms with Crippen LogP contribution in [0, 0.1) is 0 Å². The van der Waals surface area contributed by atoms with Crippen LogP contribution in [0.25, 0.3) is 0 Å².